The van der Waals surface area contributed by atoms with E-state index in [0.29, 0.717) is 21.6 Å². The maximum atomic E-state index is 12.9. The topological polar surface area (TPSA) is 73.2 Å². The van der Waals surface area contributed by atoms with Gasteiger partial charge in [0, 0.05) is 26.1 Å². The molecule has 0 unspecified atom stereocenters. The number of aryl methyl sites for hydroxylation is 2. The summed E-state index contributed by atoms with van der Waals surface area (Å²) < 4.78 is 7.36. The van der Waals surface area contributed by atoms with Crippen LogP contribution in [-0.4, -0.2) is 34.7 Å². The van der Waals surface area contributed by atoms with Gasteiger partial charge in [-0.3, -0.25) is 14.2 Å². The number of nitrogens with one attached hydrogen (secondary N) is 1. The second-order valence-electron chi connectivity index (χ2n) is 6.88. The molecule has 2 aromatic heterocycles. The lowest BCUT2D eigenvalue weighted by molar-refractivity contribution is 0.0860. The number of amides is 1. The highest BCUT2D eigenvalue weighted by Crippen LogP contribution is 2.28. The second-order valence-corrected chi connectivity index (χ2v) is 7.88. The molecule has 134 valence electrons. The van der Waals surface area contributed by atoms with Crippen LogP contribution in [0.5, 0.6) is 0 Å². The first-order valence-corrected chi connectivity index (χ1v) is 9.89. The Morgan fingerprint density at radius 2 is 2.24 bits per heavy atom. The van der Waals surface area contributed by atoms with Crippen molar-refractivity contribution in [3.63, 3.8) is 0 Å². The SMILES string of the molecule is Cc1c(C(=O)NC[C@H]2CCCO2)sc2nc3n(c(=O)c12)CCCCC3. The van der Waals surface area contributed by atoms with Gasteiger partial charge in [0.05, 0.1) is 16.4 Å². The van der Waals surface area contributed by atoms with E-state index < -0.39 is 0 Å². The van der Waals surface area contributed by atoms with Crippen LogP contribution in [0.25, 0.3) is 10.2 Å². The number of nitrogens with zero attached hydrogens (tertiary/aromatic N) is 2. The average molecular weight is 361 g/mol. The minimum absolute atomic E-state index is 0.00817. The Labute approximate surface area is 150 Å². The highest BCUT2D eigenvalue weighted by atomic mass is 32.1. The number of aromatic nitrogens is 2. The minimum atomic E-state index is -0.129. The molecule has 0 radical (unpaired) electrons. The largest absolute Gasteiger partial charge is 0.376 e. The molecule has 0 saturated carbocycles. The molecular formula is C18H23N3O3S. The van der Waals surface area contributed by atoms with Crippen molar-refractivity contribution in [2.45, 2.75) is 58.1 Å². The molecule has 2 aliphatic rings. The first-order chi connectivity index (χ1) is 12.1. The van der Waals surface area contributed by atoms with E-state index in [1.807, 2.05) is 11.5 Å². The first-order valence-electron chi connectivity index (χ1n) is 9.08. The van der Waals surface area contributed by atoms with E-state index in [4.69, 9.17) is 9.72 Å². The predicted molar refractivity (Wildman–Crippen MR) is 97.5 cm³/mol. The van der Waals surface area contributed by atoms with E-state index in [1.54, 1.807) is 0 Å². The third-order valence-electron chi connectivity index (χ3n) is 5.13. The second kappa shape index (κ2) is 6.88. The number of hydrogen-bond donors (Lipinski definition) is 1. The fourth-order valence-corrected chi connectivity index (χ4v) is 4.83. The zero-order valence-corrected chi connectivity index (χ0v) is 15.3. The number of ether oxygens (including phenoxy) is 1. The Hall–Kier alpha value is -1.73. The first kappa shape index (κ1) is 16.7. The Morgan fingerprint density at radius 1 is 1.36 bits per heavy atom. The number of carbonyl (C=O) groups excluding carboxylic acids is 1. The Balaban J connectivity index is 1.66. The molecular weight excluding hydrogens is 338 g/mol. The molecule has 4 heterocycles. The Morgan fingerprint density at radius 3 is 3.04 bits per heavy atom. The molecule has 1 fully saturated rings. The predicted octanol–water partition coefficient (Wildman–Crippen LogP) is 2.40. The van der Waals surface area contributed by atoms with Gasteiger partial charge in [0.2, 0.25) is 0 Å². The van der Waals surface area contributed by atoms with Gasteiger partial charge in [-0.15, -0.1) is 11.3 Å². The monoisotopic (exact) mass is 361 g/mol. The summed E-state index contributed by atoms with van der Waals surface area (Å²) in [6.07, 6.45) is 6.19. The van der Waals surface area contributed by atoms with Crippen molar-refractivity contribution < 1.29 is 9.53 Å². The molecule has 1 N–H and O–H groups in total. The summed E-state index contributed by atoms with van der Waals surface area (Å²) in [5, 5.41) is 3.56. The summed E-state index contributed by atoms with van der Waals surface area (Å²) >= 11 is 1.33. The fourth-order valence-electron chi connectivity index (χ4n) is 3.72. The highest BCUT2D eigenvalue weighted by molar-refractivity contribution is 7.20. The maximum Gasteiger partial charge on any atom is 0.262 e. The summed E-state index contributed by atoms with van der Waals surface area (Å²) in [7, 11) is 0. The number of rotatable bonds is 3. The van der Waals surface area contributed by atoms with Crippen LogP contribution in [0.2, 0.25) is 0 Å². The van der Waals surface area contributed by atoms with Crippen LogP contribution >= 0.6 is 11.3 Å². The van der Waals surface area contributed by atoms with Crippen molar-refractivity contribution >= 4 is 27.5 Å². The molecule has 25 heavy (non-hydrogen) atoms. The highest BCUT2D eigenvalue weighted by Gasteiger charge is 2.23. The zero-order chi connectivity index (χ0) is 17.4. The Bertz CT molecular complexity index is 865. The molecule has 1 saturated heterocycles. The van der Waals surface area contributed by atoms with Crippen molar-refractivity contribution in [3.8, 4) is 0 Å². The van der Waals surface area contributed by atoms with E-state index in [9.17, 15) is 9.59 Å². The van der Waals surface area contributed by atoms with Gasteiger partial charge in [-0.05, 0) is 38.2 Å². The van der Waals surface area contributed by atoms with Gasteiger partial charge >= 0.3 is 0 Å². The fraction of sp³-hybridized carbons (Fsp3) is 0.611. The molecule has 0 aliphatic carbocycles. The lowest BCUT2D eigenvalue weighted by Crippen LogP contribution is -2.31. The normalized spacial score (nSPS) is 20.4. The third kappa shape index (κ3) is 3.11. The summed E-state index contributed by atoms with van der Waals surface area (Å²) in [6, 6.07) is 0. The van der Waals surface area contributed by atoms with Crippen LogP contribution in [0.1, 0.15) is 53.2 Å². The molecule has 1 atom stereocenters. The zero-order valence-electron chi connectivity index (χ0n) is 14.5. The van der Waals surface area contributed by atoms with Crippen LogP contribution in [-0.2, 0) is 17.7 Å². The third-order valence-corrected chi connectivity index (χ3v) is 6.32. The summed E-state index contributed by atoms with van der Waals surface area (Å²) in [5.41, 5.74) is 0.760. The van der Waals surface area contributed by atoms with Crippen LogP contribution in [0, 0.1) is 6.92 Å². The van der Waals surface area contributed by atoms with Gasteiger partial charge in [-0.1, -0.05) is 6.42 Å². The minimum Gasteiger partial charge on any atom is -0.376 e. The van der Waals surface area contributed by atoms with Crippen LogP contribution in [0.15, 0.2) is 4.79 Å². The average Bonchev–Trinajstić information content (AvgIpc) is 3.15. The van der Waals surface area contributed by atoms with Crippen molar-refractivity contribution in [2.75, 3.05) is 13.2 Å². The van der Waals surface area contributed by atoms with Crippen molar-refractivity contribution in [1.82, 2.24) is 14.9 Å². The van der Waals surface area contributed by atoms with Gasteiger partial charge in [0.15, 0.2) is 0 Å². The van der Waals surface area contributed by atoms with Gasteiger partial charge in [0.25, 0.3) is 11.5 Å². The van der Waals surface area contributed by atoms with Crippen LogP contribution in [0.4, 0.5) is 0 Å². The van der Waals surface area contributed by atoms with E-state index in [-0.39, 0.29) is 17.6 Å². The van der Waals surface area contributed by atoms with Crippen molar-refractivity contribution in [2.24, 2.45) is 0 Å². The van der Waals surface area contributed by atoms with Gasteiger partial charge in [0.1, 0.15) is 10.7 Å². The van der Waals surface area contributed by atoms with Crippen molar-refractivity contribution in [1.29, 1.82) is 0 Å². The summed E-state index contributed by atoms with van der Waals surface area (Å²) in [5.74, 6) is 0.734. The molecule has 2 aliphatic heterocycles. The quantitative estimate of drug-likeness (QED) is 0.911. The molecule has 1 amide bonds. The van der Waals surface area contributed by atoms with Crippen LogP contribution in [0.3, 0.4) is 0 Å². The van der Waals surface area contributed by atoms with Crippen molar-refractivity contribution in [3.05, 3.63) is 26.6 Å². The number of carbonyl (C=O) groups is 1. The molecule has 0 spiro atoms. The molecule has 6 nitrogen and oxygen atoms in total. The number of hydrogen-bond acceptors (Lipinski definition) is 5. The maximum absolute atomic E-state index is 12.9. The van der Waals surface area contributed by atoms with E-state index in [2.05, 4.69) is 5.32 Å². The van der Waals surface area contributed by atoms with Crippen LogP contribution < -0.4 is 10.9 Å². The molecule has 7 heteroatoms. The standard InChI is InChI=1S/C18H23N3O3S/c1-11-14-17(20-13-7-3-2-4-8-21(13)18(14)23)25-15(11)16(22)19-10-12-6-5-9-24-12/h12H,2-10H2,1H3,(H,19,22)/t12-/m1/s1. The summed E-state index contributed by atoms with van der Waals surface area (Å²) in [4.78, 5) is 31.5. The summed E-state index contributed by atoms with van der Waals surface area (Å²) in [6.45, 7) is 3.88. The molecule has 2 aromatic rings. The van der Waals surface area contributed by atoms with E-state index in [1.165, 1.54) is 11.3 Å². The number of thiophene rings is 1. The van der Waals surface area contributed by atoms with Gasteiger partial charge < -0.3 is 10.1 Å². The lowest BCUT2D eigenvalue weighted by Gasteiger charge is -2.10. The van der Waals surface area contributed by atoms with Gasteiger partial charge in [-0.25, -0.2) is 4.98 Å². The van der Waals surface area contributed by atoms with E-state index >= 15 is 0 Å². The molecule has 0 bridgehead atoms. The molecule has 0 aromatic carbocycles. The Kier molecular flexibility index (Phi) is 4.60. The van der Waals surface area contributed by atoms with E-state index in [0.717, 1.165) is 63.1 Å². The smallest absolute Gasteiger partial charge is 0.262 e. The molecule has 4 rings (SSSR count). The van der Waals surface area contributed by atoms with Gasteiger partial charge in [-0.2, -0.15) is 0 Å². The lowest BCUT2D eigenvalue weighted by atomic mass is 10.2. The number of fused-ring (bicyclic) bond motifs is 2.